The molecule has 142 valence electrons. The number of nitrogens with zero attached hydrogens (tertiary/aromatic N) is 2. The second-order valence-electron chi connectivity index (χ2n) is 6.77. The van der Waals surface area contributed by atoms with Crippen LogP contribution in [-0.4, -0.2) is 16.1 Å². The summed E-state index contributed by atoms with van der Waals surface area (Å²) in [5, 5.41) is 13.2. The smallest absolute Gasteiger partial charge is 0.269 e. The van der Waals surface area contributed by atoms with Gasteiger partial charge in [-0.25, -0.2) is 0 Å². The Morgan fingerprint density at radius 2 is 1.96 bits per heavy atom. The Balaban J connectivity index is 1.62. The fraction of sp³-hybridized carbons (Fsp3) is 0.190. The van der Waals surface area contributed by atoms with E-state index >= 15 is 0 Å². The third-order valence-corrected chi connectivity index (χ3v) is 6.94. The number of carbonyl (C=O) groups excluding carboxylic acids is 1. The van der Waals surface area contributed by atoms with E-state index in [1.54, 1.807) is 0 Å². The lowest BCUT2D eigenvalue weighted by molar-refractivity contribution is 0.103. The number of thiophene rings is 1. The predicted octanol–water partition coefficient (Wildman–Crippen LogP) is 3.65. The molecule has 1 amide bonds. The number of hydrogen-bond acceptors (Lipinski definition) is 6. The molecule has 1 atom stereocenters. The van der Waals surface area contributed by atoms with Gasteiger partial charge >= 0.3 is 0 Å². The number of rotatable bonds is 3. The number of allylic oxidation sites excluding steroid dienone is 2. The van der Waals surface area contributed by atoms with Gasteiger partial charge in [-0.15, -0.1) is 21.5 Å². The summed E-state index contributed by atoms with van der Waals surface area (Å²) >= 11 is 2.76. The van der Waals surface area contributed by atoms with E-state index < -0.39 is 0 Å². The molecular formula is C21H20N4OS2. The number of fused-ring (bicyclic) bond motifs is 1. The van der Waals surface area contributed by atoms with Crippen molar-refractivity contribution < 1.29 is 4.79 Å². The monoisotopic (exact) mass is 408 g/mol. The average Bonchev–Trinajstić information content (AvgIpc) is 3.28. The van der Waals surface area contributed by atoms with Crippen molar-refractivity contribution in [2.45, 2.75) is 20.3 Å². The summed E-state index contributed by atoms with van der Waals surface area (Å²) in [6, 6.07) is 9.77. The number of nitrogens with two attached hydrogens (primary N) is 1. The quantitative estimate of drug-likeness (QED) is 0.693. The lowest BCUT2D eigenvalue weighted by Gasteiger charge is -2.09. The largest absolute Gasteiger partial charge is 0.397 e. The highest BCUT2D eigenvalue weighted by Crippen LogP contribution is 2.27. The van der Waals surface area contributed by atoms with Crippen molar-refractivity contribution in [2.75, 3.05) is 11.1 Å². The molecular weight excluding hydrogens is 388 g/mol. The maximum Gasteiger partial charge on any atom is 0.269 e. The number of anilines is 2. The van der Waals surface area contributed by atoms with E-state index in [1.165, 1.54) is 28.2 Å². The standard InChI is InChI=1S/C21H20N4OS2/c1-12-8-10-15-16(11-9-13(12)2)27-18(17(15)22)19(26)23-21-25-24-20(28-21)14-6-4-3-5-7-14/h3-8,10-11,13H,9,22H2,1-2H3,(H,23,25,26). The van der Waals surface area contributed by atoms with Crippen molar-refractivity contribution in [3.8, 4) is 10.6 Å². The second-order valence-corrected chi connectivity index (χ2v) is 8.80. The Morgan fingerprint density at radius 1 is 1.18 bits per heavy atom. The first-order valence-electron chi connectivity index (χ1n) is 9.00. The van der Waals surface area contributed by atoms with Crippen molar-refractivity contribution in [3.05, 3.63) is 56.6 Å². The molecule has 4 rings (SSSR count). The molecule has 0 spiro atoms. The van der Waals surface area contributed by atoms with Crippen LogP contribution < -0.4 is 20.8 Å². The zero-order chi connectivity index (χ0) is 19.7. The molecule has 0 fully saturated rings. The van der Waals surface area contributed by atoms with Gasteiger partial charge in [-0.1, -0.05) is 72.4 Å². The highest BCUT2D eigenvalue weighted by Gasteiger charge is 2.18. The van der Waals surface area contributed by atoms with E-state index in [1.807, 2.05) is 36.4 Å². The van der Waals surface area contributed by atoms with Crippen LogP contribution in [0.3, 0.4) is 0 Å². The van der Waals surface area contributed by atoms with E-state index in [2.05, 4.69) is 41.5 Å². The number of carbonyl (C=O) groups is 1. The fourth-order valence-corrected chi connectivity index (χ4v) is 4.74. The first-order valence-corrected chi connectivity index (χ1v) is 10.6. The molecule has 3 N–H and O–H groups in total. The molecule has 1 aliphatic carbocycles. The Kier molecular flexibility index (Phi) is 5.11. The van der Waals surface area contributed by atoms with Crippen LogP contribution in [-0.2, 0) is 0 Å². The van der Waals surface area contributed by atoms with Gasteiger partial charge in [0.15, 0.2) is 0 Å². The molecule has 0 radical (unpaired) electrons. The van der Waals surface area contributed by atoms with Crippen LogP contribution in [0.4, 0.5) is 10.8 Å². The zero-order valence-corrected chi connectivity index (χ0v) is 17.2. The van der Waals surface area contributed by atoms with Gasteiger partial charge in [-0.2, -0.15) is 0 Å². The van der Waals surface area contributed by atoms with E-state index in [4.69, 9.17) is 5.73 Å². The molecule has 0 bridgehead atoms. The Bertz CT molecular complexity index is 1170. The second kappa shape index (κ2) is 7.69. The predicted molar refractivity (Wildman–Crippen MR) is 118 cm³/mol. The number of amides is 1. The zero-order valence-electron chi connectivity index (χ0n) is 15.6. The summed E-state index contributed by atoms with van der Waals surface area (Å²) in [7, 11) is 0. The van der Waals surface area contributed by atoms with E-state index in [-0.39, 0.29) is 5.91 Å². The molecule has 1 unspecified atom stereocenters. The molecule has 0 aliphatic heterocycles. The van der Waals surface area contributed by atoms with Crippen LogP contribution in [0.25, 0.3) is 22.7 Å². The molecule has 1 aromatic carbocycles. The molecule has 2 heterocycles. The van der Waals surface area contributed by atoms with Crippen LogP contribution in [0.1, 0.15) is 29.9 Å². The third-order valence-electron chi connectivity index (χ3n) is 4.83. The van der Waals surface area contributed by atoms with Gasteiger partial charge in [0.05, 0.1) is 5.69 Å². The van der Waals surface area contributed by atoms with Crippen molar-refractivity contribution in [3.63, 3.8) is 0 Å². The number of aromatic nitrogens is 2. The highest BCUT2D eigenvalue weighted by molar-refractivity contribution is 7.18. The van der Waals surface area contributed by atoms with Crippen LogP contribution in [0, 0.1) is 5.92 Å². The van der Waals surface area contributed by atoms with Crippen molar-refractivity contribution in [1.82, 2.24) is 10.2 Å². The summed E-state index contributed by atoms with van der Waals surface area (Å²) in [6.45, 7) is 4.32. The maximum atomic E-state index is 12.8. The van der Waals surface area contributed by atoms with E-state index in [9.17, 15) is 4.79 Å². The van der Waals surface area contributed by atoms with Gasteiger partial charge in [0.2, 0.25) is 5.13 Å². The number of nitrogen functional groups attached to an aromatic ring is 1. The van der Waals surface area contributed by atoms with Gasteiger partial charge in [-0.3, -0.25) is 10.1 Å². The Morgan fingerprint density at radius 3 is 2.75 bits per heavy atom. The normalized spacial score (nSPS) is 16.1. The number of benzene rings is 1. The maximum absolute atomic E-state index is 12.8. The molecule has 0 saturated carbocycles. The van der Waals surface area contributed by atoms with Crippen LogP contribution in [0.15, 0.2) is 42.0 Å². The topological polar surface area (TPSA) is 80.9 Å². The van der Waals surface area contributed by atoms with Gasteiger partial charge in [-0.05, 0) is 19.3 Å². The molecule has 0 saturated heterocycles. The van der Waals surface area contributed by atoms with Crippen LogP contribution >= 0.6 is 22.7 Å². The average molecular weight is 409 g/mol. The van der Waals surface area contributed by atoms with E-state index in [0.29, 0.717) is 21.6 Å². The lowest BCUT2D eigenvalue weighted by atomic mass is 9.97. The summed E-state index contributed by atoms with van der Waals surface area (Å²) in [5.41, 5.74) is 9.10. The summed E-state index contributed by atoms with van der Waals surface area (Å²) in [4.78, 5) is 13.3. The van der Waals surface area contributed by atoms with Gasteiger partial charge in [0.25, 0.3) is 5.91 Å². The minimum Gasteiger partial charge on any atom is -0.397 e. The minimum atomic E-state index is -0.249. The van der Waals surface area contributed by atoms with Gasteiger partial charge in [0.1, 0.15) is 9.88 Å². The summed E-state index contributed by atoms with van der Waals surface area (Å²) < 4.78 is 1.04. The Labute approximate surface area is 170 Å². The van der Waals surface area contributed by atoms with E-state index in [0.717, 1.165) is 26.7 Å². The first kappa shape index (κ1) is 18.6. The SMILES string of the molecule is CC1=CC=c2c(N)c(C(=O)Nc3nnc(-c4ccccc4)s3)sc2=CCC1C. The molecule has 2 aromatic heterocycles. The van der Waals surface area contributed by atoms with Crippen molar-refractivity contribution >= 4 is 51.6 Å². The molecule has 28 heavy (non-hydrogen) atoms. The number of hydrogen-bond donors (Lipinski definition) is 2. The Hall–Kier alpha value is -2.77. The lowest BCUT2D eigenvalue weighted by Crippen LogP contribution is -2.22. The highest BCUT2D eigenvalue weighted by atomic mass is 32.1. The third kappa shape index (κ3) is 3.63. The first-order chi connectivity index (χ1) is 13.5. The van der Waals surface area contributed by atoms with Gasteiger partial charge < -0.3 is 5.73 Å². The molecule has 3 aromatic rings. The fourth-order valence-electron chi connectivity index (χ4n) is 2.94. The molecule has 5 nitrogen and oxygen atoms in total. The molecule has 7 heteroatoms. The van der Waals surface area contributed by atoms with Crippen molar-refractivity contribution in [1.29, 1.82) is 0 Å². The minimum absolute atomic E-state index is 0.249. The molecule has 1 aliphatic rings. The van der Waals surface area contributed by atoms with Crippen molar-refractivity contribution in [2.24, 2.45) is 5.92 Å². The van der Waals surface area contributed by atoms with Crippen LogP contribution in [0.5, 0.6) is 0 Å². The summed E-state index contributed by atoms with van der Waals surface area (Å²) in [5.74, 6) is 0.225. The van der Waals surface area contributed by atoms with Gasteiger partial charge in [0, 0.05) is 15.3 Å². The number of nitrogens with one attached hydrogen (secondary N) is 1. The van der Waals surface area contributed by atoms with Crippen LogP contribution in [0.2, 0.25) is 0 Å². The summed E-state index contributed by atoms with van der Waals surface area (Å²) in [6.07, 6.45) is 7.21.